The van der Waals surface area contributed by atoms with Gasteiger partial charge in [-0.25, -0.2) is 0 Å². The van der Waals surface area contributed by atoms with Crippen LogP contribution in [0.15, 0.2) is 36.5 Å². The van der Waals surface area contributed by atoms with Gasteiger partial charge in [0.1, 0.15) is 6.10 Å². The Bertz CT molecular complexity index is 581. The maximum Gasteiger partial charge on any atom is 0.303 e. The van der Waals surface area contributed by atoms with E-state index >= 15 is 0 Å². The van der Waals surface area contributed by atoms with Gasteiger partial charge in [-0.3, -0.25) is 4.79 Å². The molecule has 0 amide bonds. The maximum atomic E-state index is 10.3. The molecule has 5 nitrogen and oxygen atoms in total. The van der Waals surface area contributed by atoms with Gasteiger partial charge in [-0.1, -0.05) is 62.7 Å². The molecule has 0 unspecified atom stereocenters. The molecule has 0 saturated carbocycles. The fraction of sp³-hybridized carbons (Fsp3) is 0.500. The molecule has 0 aliphatic rings. The summed E-state index contributed by atoms with van der Waals surface area (Å²) in [5.74, 6) is 9.87. The lowest BCUT2D eigenvalue weighted by Gasteiger charge is -1.99. The predicted molar refractivity (Wildman–Crippen MR) is 109 cm³/mol. The first-order chi connectivity index (χ1) is 13.0. The quantitative estimate of drug-likeness (QED) is 0.366. The number of rotatable bonds is 9. The molecule has 0 aromatic carbocycles. The first-order valence-corrected chi connectivity index (χ1v) is 9.21. The van der Waals surface area contributed by atoms with Crippen molar-refractivity contribution >= 4 is 5.97 Å². The Balaban J connectivity index is 0. The number of carboxylic acid groups (broad SMARTS) is 1. The average molecular weight is 376 g/mol. The van der Waals surface area contributed by atoms with Crippen molar-refractivity contribution in [3.05, 3.63) is 36.5 Å². The van der Waals surface area contributed by atoms with Crippen LogP contribution in [-0.4, -0.2) is 44.7 Å². The molecule has 0 rings (SSSR count). The molecular weight excluding hydrogens is 344 g/mol. The highest BCUT2D eigenvalue weighted by molar-refractivity contribution is 5.66. The van der Waals surface area contributed by atoms with E-state index in [2.05, 4.69) is 23.7 Å². The van der Waals surface area contributed by atoms with Crippen molar-refractivity contribution in [3.63, 3.8) is 0 Å². The number of hydrogen-bond donors (Lipinski definition) is 4. The summed E-state index contributed by atoms with van der Waals surface area (Å²) in [6, 6.07) is 0. The van der Waals surface area contributed by atoms with Crippen molar-refractivity contribution in [2.24, 2.45) is 0 Å². The number of carboxylic acids is 1. The van der Waals surface area contributed by atoms with E-state index < -0.39 is 24.3 Å². The SMILES string of the molecule is CC.CC[C@@H](O)/C=C/C#CC[C@@H](O)/C=C/C=C/C#C[C@@H](O)CCCC(=O)O. The lowest BCUT2D eigenvalue weighted by Crippen LogP contribution is -2.04. The molecule has 3 atom stereocenters. The number of aliphatic hydroxyl groups is 3. The van der Waals surface area contributed by atoms with Crippen LogP contribution in [0.5, 0.6) is 0 Å². The highest BCUT2D eigenvalue weighted by Crippen LogP contribution is 1.99. The van der Waals surface area contributed by atoms with Crippen LogP contribution >= 0.6 is 0 Å². The van der Waals surface area contributed by atoms with Crippen molar-refractivity contribution in [3.8, 4) is 23.7 Å². The standard InChI is InChI=1S/C20H26O5.C2H6/c1-2-17(21)11-8-5-9-14-18(22)12-6-3-4-7-13-19(23)15-10-16-20(24)25;1-2/h3-4,6,8,11-12,17-19,21-23H,2,10,14-16H2,1H3,(H,24,25);1-2H3/b4-3+,11-8+,12-6+;/t17-,18+,19-;/m1./s1. The number of hydrogen-bond acceptors (Lipinski definition) is 4. The van der Waals surface area contributed by atoms with Gasteiger partial charge < -0.3 is 20.4 Å². The lowest BCUT2D eigenvalue weighted by molar-refractivity contribution is -0.137. The number of aliphatic carboxylic acids is 1. The third kappa shape index (κ3) is 21.6. The van der Waals surface area contributed by atoms with Gasteiger partial charge in [0.05, 0.1) is 12.2 Å². The number of allylic oxidation sites excluding steroid dienone is 4. The van der Waals surface area contributed by atoms with E-state index in [1.165, 1.54) is 6.08 Å². The van der Waals surface area contributed by atoms with Gasteiger partial charge in [0.25, 0.3) is 0 Å². The van der Waals surface area contributed by atoms with E-state index in [-0.39, 0.29) is 12.8 Å². The zero-order valence-electron chi connectivity index (χ0n) is 16.4. The van der Waals surface area contributed by atoms with Crippen LogP contribution in [0, 0.1) is 23.7 Å². The first kappa shape index (κ1) is 26.9. The first-order valence-electron chi connectivity index (χ1n) is 9.21. The molecule has 0 aromatic rings. The molecule has 27 heavy (non-hydrogen) atoms. The highest BCUT2D eigenvalue weighted by atomic mass is 16.4. The molecule has 0 aromatic heterocycles. The van der Waals surface area contributed by atoms with Crippen LogP contribution in [0.4, 0.5) is 0 Å². The summed E-state index contributed by atoms with van der Waals surface area (Å²) in [5.41, 5.74) is 0. The zero-order chi connectivity index (χ0) is 20.9. The molecule has 150 valence electrons. The van der Waals surface area contributed by atoms with E-state index in [4.69, 9.17) is 5.11 Å². The van der Waals surface area contributed by atoms with Crippen molar-refractivity contribution in [1.82, 2.24) is 0 Å². The maximum absolute atomic E-state index is 10.3. The van der Waals surface area contributed by atoms with Crippen LogP contribution in [0.1, 0.15) is 52.9 Å². The second-order valence-corrected chi connectivity index (χ2v) is 5.26. The fourth-order valence-electron chi connectivity index (χ4n) is 1.54. The van der Waals surface area contributed by atoms with Crippen LogP contribution in [0.3, 0.4) is 0 Å². The van der Waals surface area contributed by atoms with E-state index in [1.807, 2.05) is 20.8 Å². The van der Waals surface area contributed by atoms with E-state index in [0.717, 1.165) is 0 Å². The Morgan fingerprint density at radius 3 is 2.33 bits per heavy atom. The van der Waals surface area contributed by atoms with E-state index in [9.17, 15) is 20.1 Å². The minimum absolute atomic E-state index is 0.0209. The third-order valence-corrected chi connectivity index (χ3v) is 2.98. The third-order valence-electron chi connectivity index (χ3n) is 2.98. The van der Waals surface area contributed by atoms with Gasteiger partial charge in [-0.2, -0.15) is 0 Å². The second-order valence-electron chi connectivity index (χ2n) is 5.26. The molecule has 0 radical (unpaired) electrons. The van der Waals surface area contributed by atoms with E-state index in [1.54, 1.807) is 30.4 Å². The smallest absolute Gasteiger partial charge is 0.303 e. The predicted octanol–water partition coefficient (Wildman–Crippen LogP) is 2.83. The van der Waals surface area contributed by atoms with Crippen LogP contribution < -0.4 is 0 Å². The molecule has 5 heteroatoms. The van der Waals surface area contributed by atoms with Gasteiger partial charge in [-0.15, -0.1) is 0 Å². The molecular formula is C22H32O5. The van der Waals surface area contributed by atoms with Crippen molar-refractivity contribution in [2.75, 3.05) is 0 Å². The summed E-state index contributed by atoms with van der Waals surface area (Å²) in [6.45, 7) is 5.87. The highest BCUT2D eigenvalue weighted by Gasteiger charge is 2.01. The van der Waals surface area contributed by atoms with E-state index in [0.29, 0.717) is 19.3 Å². The fourth-order valence-corrected chi connectivity index (χ4v) is 1.54. The normalized spacial score (nSPS) is 13.9. The van der Waals surface area contributed by atoms with Gasteiger partial charge in [0, 0.05) is 12.8 Å². The molecule has 0 fully saturated rings. The Labute approximate surface area is 163 Å². The van der Waals surface area contributed by atoms with Crippen LogP contribution in [0.2, 0.25) is 0 Å². The van der Waals surface area contributed by atoms with Crippen LogP contribution in [0.25, 0.3) is 0 Å². The summed E-state index contributed by atoms with van der Waals surface area (Å²) in [7, 11) is 0. The average Bonchev–Trinajstić information content (AvgIpc) is 2.65. The summed E-state index contributed by atoms with van der Waals surface area (Å²) in [4.78, 5) is 10.3. The monoisotopic (exact) mass is 376 g/mol. The molecule has 4 N–H and O–H groups in total. The Kier molecular flexibility index (Phi) is 19.9. The molecule has 0 aliphatic heterocycles. The summed E-state index contributed by atoms with van der Waals surface area (Å²) in [6.07, 6.45) is 9.17. The van der Waals surface area contributed by atoms with Gasteiger partial charge >= 0.3 is 5.97 Å². The lowest BCUT2D eigenvalue weighted by atomic mass is 10.1. The molecule has 0 heterocycles. The van der Waals surface area contributed by atoms with Crippen molar-refractivity contribution < 1.29 is 25.2 Å². The molecule has 0 spiro atoms. The Hall–Kier alpha value is -2.31. The number of aliphatic hydroxyl groups excluding tert-OH is 3. The second kappa shape index (κ2) is 20.0. The van der Waals surface area contributed by atoms with Gasteiger partial charge in [0.15, 0.2) is 0 Å². The zero-order valence-corrected chi connectivity index (χ0v) is 16.4. The molecule has 0 aliphatic carbocycles. The molecule has 0 bridgehead atoms. The summed E-state index contributed by atoms with van der Waals surface area (Å²) >= 11 is 0. The van der Waals surface area contributed by atoms with Gasteiger partial charge in [-0.05, 0) is 37.5 Å². The topological polar surface area (TPSA) is 98.0 Å². The summed E-state index contributed by atoms with van der Waals surface area (Å²) in [5, 5.41) is 36.9. The van der Waals surface area contributed by atoms with Crippen molar-refractivity contribution in [1.29, 1.82) is 0 Å². The summed E-state index contributed by atoms with van der Waals surface area (Å²) < 4.78 is 0. The van der Waals surface area contributed by atoms with Crippen LogP contribution in [-0.2, 0) is 4.79 Å². The molecule has 0 saturated heterocycles. The minimum atomic E-state index is -0.886. The van der Waals surface area contributed by atoms with Crippen molar-refractivity contribution in [2.45, 2.75) is 71.2 Å². The Morgan fingerprint density at radius 2 is 1.70 bits per heavy atom. The van der Waals surface area contributed by atoms with Gasteiger partial charge in [0.2, 0.25) is 0 Å². The largest absolute Gasteiger partial charge is 0.481 e. The Morgan fingerprint density at radius 1 is 1.00 bits per heavy atom. The minimum Gasteiger partial charge on any atom is -0.481 e. The number of carbonyl (C=O) groups is 1.